The van der Waals surface area contributed by atoms with Crippen LogP contribution in [-0.4, -0.2) is 31.6 Å². The molecule has 0 fully saturated rings. The number of rotatable bonds is 6. The molecule has 0 saturated carbocycles. The Bertz CT molecular complexity index is 495. The maximum absolute atomic E-state index is 11.6. The van der Waals surface area contributed by atoms with Gasteiger partial charge in [-0.05, 0) is 25.5 Å². The van der Waals surface area contributed by atoms with E-state index in [1.165, 1.54) is 0 Å². The fourth-order valence-electron chi connectivity index (χ4n) is 1.97. The lowest BCUT2D eigenvalue weighted by atomic mass is 10.1. The van der Waals surface area contributed by atoms with Gasteiger partial charge in [0.1, 0.15) is 11.5 Å². The zero-order chi connectivity index (χ0) is 14.4. The van der Waals surface area contributed by atoms with Crippen LogP contribution in [0.15, 0.2) is 18.2 Å². The van der Waals surface area contributed by atoms with Crippen LogP contribution < -0.4 is 9.47 Å². The minimum absolute atomic E-state index is 0.0973. The standard InChI is InChI=1S/C15H18O5/c1-2-18-15(17)4-3-8-19-11-5-6-12-13(16)7-9-20-14(12)10-11/h5-6,10H,2-4,7-9H2,1H3. The molecule has 0 aliphatic carbocycles. The average Bonchev–Trinajstić information content (AvgIpc) is 2.44. The van der Waals surface area contributed by atoms with E-state index in [1.807, 2.05) is 0 Å². The number of carbonyl (C=O) groups excluding carboxylic acids is 2. The topological polar surface area (TPSA) is 61.8 Å². The monoisotopic (exact) mass is 278 g/mol. The molecular weight excluding hydrogens is 260 g/mol. The van der Waals surface area contributed by atoms with E-state index in [0.717, 1.165) is 0 Å². The number of fused-ring (bicyclic) bond motifs is 1. The van der Waals surface area contributed by atoms with Crippen molar-refractivity contribution in [1.29, 1.82) is 0 Å². The van der Waals surface area contributed by atoms with Crippen molar-refractivity contribution < 1.29 is 23.8 Å². The van der Waals surface area contributed by atoms with Gasteiger partial charge in [-0.1, -0.05) is 0 Å². The predicted molar refractivity (Wildman–Crippen MR) is 72.2 cm³/mol. The van der Waals surface area contributed by atoms with Crippen molar-refractivity contribution in [2.45, 2.75) is 26.2 Å². The molecule has 2 rings (SSSR count). The van der Waals surface area contributed by atoms with Crippen LogP contribution in [0, 0.1) is 0 Å². The Kier molecular flexibility index (Phi) is 4.98. The first-order valence-corrected chi connectivity index (χ1v) is 6.79. The molecule has 108 valence electrons. The maximum atomic E-state index is 11.6. The molecule has 0 amide bonds. The SMILES string of the molecule is CCOC(=O)CCCOc1ccc2c(c1)OCCC2=O. The Morgan fingerprint density at radius 2 is 2.25 bits per heavy atom. The lowest BCUT2D eigenvalue weighted by Gasteiger charge is -2.17. The number of hydrogen-bond donors (Lipinski definition) is 0. The quantitative estimate of drug-likeness (QED) is 0.590. The Morgan fingerprint density at radius 1 is 1.40 bits per heavy atom. The van der Waals surface area contributed by atoms with Crippen LogP contribution in [0.2, 0.25) is 0 Å². The molecule has 0 atom stereocenters. The third-order valence-electron chi connectivity index (χ3n) is 2.94. The van der Waals surface area contributed by atoms with Gasteiger partial charge < -0.3 is 14.2 Å². The molecule has 1 aromatic carbocycles. The van der Waals surface area contributed by atoms with E-state index in [-0.39, 0.29) is 11.8 Å². The van der Waals surface area contributed by atoms with Gasteiger partial charge in [-0.15, -0.1) is 0 Å². The lowest BCUT2D eigenvalue weighted by molar-refractivity contribution is -0.143. The van der Waals surface area contributed by atoms with Gasteiger partial charge in [0.05, 0.1) is 25.4 Å². The van der Waals surface area contributed by atoms with Crippen LogP contribution in [0.4, 0.5) is 0 Å². The highest BCUT2D eigenvalue weighted by atomic mass is 16.5. The molecule has 1 aliphatic heterocycles. The molecule has 0 aromatic heterocycles. The average molecular weight is 278 g/mol. The summed E-state index contributed by atoms with van der Waals surface area (Å²) in [6, 6.07) is 5.18. The van der Waals surface area contributed by atoms with Gasteiger partial charge in [-0.3, -0.25) is 9.59 Å². The van der Waals surface area contributed by atoms with Crippen molar-refractivity contribution in [1.82, 2.24) is 0 Å². The number of ketones is 1. The second-order valence-electron chi connectivity index (χ2n) is 4.44. The second-order valence-corrected chi connectivity index (χ2v) is 4.44. The summed E-state index contributed by atoms with van der Waals surface area (Å²) in [4.78, 5) is 22.8. The summed E-state index contributed by atoms with van der Waals surface area (Å²) in [6.07, 6.45) is 1.36. The number of hydrogen-bond acceptors (Lipinski definition) is 5. The van der Waals surface area contributed by atoms with Gasteiger partial charge in [0.2, 0.25) is 0 Å². The summed E-state index contributed by atoms with van der Waals surface area (Å²) < 4.78 is 15.8. The third-order valence-corrected chi connectivity index (χ3v) is 2.94. The number of benzene rings is 1. The molecule has 20 heavy (non-hydrogen) atoms. The predicted octanol–water partition coefficient (Wildman–Crippen LogP) is 2.37. The summed E-state index contributed by atoms with van der Waals surface area (Å²) >= 11 is 0. The zero-order valence-electron chi connectivity index (χ0n) is 11.5. The number of carbonyl (C=O) groups is 2. The van der Waals surface area contributed by atoms with Crippen molar-refractivity contribution in [3.05, 3.63) is 23.8 Å². The van der Waals surface area contributed by atoms with Gasteiger partial charge >= 0.3 is 5.97 Å². The Labute approximate surface area is 117 Å². The first-order valence-electron chi connectivity index (χ1n) is 6.79. The highest BCUT2D eigenvalue weighted by Gasteiger charge is 2.18. The summed E-state index contributed by atoms with van der Waals surface area (Å²) in [7, 11) is 0. The minimum Gasteiger partial charge on any atom is -0.493 e. The zero-order valence-corrected chi connectivity index (χ0v) is 11.5. The van der Waals surface area contributed by atoms with E-state index in [9.17, 15) is 9.59 Å². The summed E-state index contributed by atoms with van der Waals surface area (Å²) in [5, 5.41) is 0. The van der Waals surface area contributed by atoms with Crippen LogP contribution in [0.25, 0.3) is 0 Å². The van der Waals surface area contributed by atoms with Crippen molar-refractivity contribution in [2.24, 2.45) is 0 Å². The molecule has 5 nitrogen and oxygen atoms in total. The first-order chi connectivity index (χ1) is 9.70. The molecule has 1 aliphatic rings. The van der Waals surface area contributed by atoms with Crippen molar-refractivity contribution in [3.63, 3.8) is 0 Å². The molecule has 1 heterocycles. The number of ether oxygens (including phenoxy) is 3. The molecule has 1 aromatic rings. The summed E-state index contributed by atoms with van der Waals surface area (Å²) in [5.41, 5.74) is 0.607. The van der Waals surface area contributed by atoms with Crippen LogP contribution in [0.1, 0.15) is 36.5 Å². The van der Waals surface area contributed by atoms with Crippen molar-refractivity contribution >= 4 is 11.8 Å². The van der Waals surface area contributed by atoms with Crippen LogP contribution in [0.5, 0.6) is 11.5 Å². The van der Waals surface area contributed by atoms with Crippen LogP contribution in [-0.2, 0) is 9.53 Å². The smallest absolute Gasteiger partial charge is 0.305 e. The van der Waals surface area contributed by atoms with Gasteiger partial charge in [0.25, 0.3) is 0 Å². The normalized spacial score (nSPS) is 13.3. The highest BCUT2D eigenvalue weighted by Crippen LogP contribution is 2.29. The Balaban J connectivity index is 1.82. The van der Waals surface area contributed by atoms with E-state index in [0.29, 0.717) is 56.1 Å². The molecule has 0 radical (unpaired) electrons. The van der Waals surface area contributed by atoms with Crippen LogP contribution >= 0.6 is 0 Å². The lowest BCUT2D eigenvalue weighted by Crippen LogP contribution is -2.15. The Morgan fingerprint density at radius 3 is 3.05 bits per heavy atom. The molecular formula is C15H18O5. The van der Waals surface area contributed by atoms with Crippen LogP contribution in [0.3, 0.4) is 0 Å². The number of esters is 1. The highest BCUT2D eigenvalue weighted by molar-refractivity contribution is 5.99. The van der Waals surface area contributed by atoms with Gasteiger partial charge in [0.15, 0.2) is 5.78 Å². The fourth-order valence-corrected chi connectivity index (χ4v) is 1.97. The molecule has 5 heteroatoms. The third kappa shape index (κ3) is 3.73. The molecule has 0 bridgehead atoms. The molecule has 0 spiro atoms. The largest absolute Gasteiger partial charge is 0.493 e. The van der Waals surface area contributed by atoms with Gasteiger partial charge in [0, 0.05) is 18.9 Å². The first kappa shape index (κ1) is 14.4. The van der Waals surface area contributed by atoms with Crippen molar-refractivity contribution in [2.75, 3.05) is 19.8 Å². The van der Waals surface area contributed by atoms with Crippen molar-refractivity contribution in [3.8, 4) is 11.5 Å². The molecule has 0 N–H and O–H groups in total. The fraction of sp³-hybridized carbons (Fsp3) is 0.467. The van der Waals surface area contributed by atoms with E-state index in [1.54, 1.807) is 25.1 Å². The van der Waals surface area contributed by atoms with Gasteiger partial charge in [-0.25, -0.2) is 0 Å². The minimum atomic E-state index is -0.213. The maximum Gasteiger partial charge on any atom is 0.305 e. The van der Waals surface area contributed by atoms with E-state index in [4.69, 9.17) is 14.2 Å². The summed E-state index contributed by atoms with van der Waals surface area (Å²) in [5.74, 6) is 1.10. The Hall–Kier alpha value is -2.04. The van der Waals surface area contributed by atoms with Gasteiger partial charge in [-0.2, -0.15) is 0 Å². The van der Waals surface area contributed by atoms with E-state index in [2.05, 4.69) is 0 Å². The number of Topliss-reactive ketones (excluding diaryl/α,β-unsaturated/α-hetero) is 1. The summed E-state index contributed by atoms with van der Waals surface area (Å²) in [6.45, 7) is 3.02. The molecule has 0 unspecified atom stereocenters. The second kappa shape index (κ2) is 6.93. The molecule has 0 saturated heterocycles. The van der Waals surface area contributed by atoms with E-state index < -0.39 is 0 Å². The van der Waals surface area contributed by atoms with E-state index >= 15 is 0 Å².